The predicted molar refractivity (Wildman–Crippen MR) is 168 cm³/mol. The van der Waals surface area contributed by atoms with Crippen LogP contribution in [-0.2, 0) is 6.18 Å². The second kappa shape index (κ2) is 13.3. The molecule has 0 atom stereocenters. The van der Waals surface area contributed by atoms with Gasteiger partial charge in [-0.25, -0.2) is 14.2 Å². The number of urea groups is 1. The van der Waals surface area contributed by atoms with E-state index >= 15 is 0 Å². The summed E-state index contributed by atoms with van der Waals surface area (Å²) in [6, 6.07) is 18.4. The standard InChI is InChI=1S/C33H33F4N7O3/c1-21-25(11-12-27(38-21)42-17-19-43(20-18-42)31(46)40-26-10-6-5-9-24(26)34)39-30(45)28-29(33(35,36)37)41-32(47-28)44-15-13-23(14-16-44)22-7-3-2-4-8-22/h2-12,23H,13-20H2,1H3,(H,39,45)(H,40,46). The molecule has 2 aliphatic rings. The van der Waals surface area contributed by atoms with Gasteiger partial charge < -0.3 is 29.8 Å². The van der Waals surface area contributed by atoms with Gasteiger partial charge in [0.05, 0.1) is 17.1 Å². The second-order valence-corrected chi connectivity index (χ2v) is 11.5. The van der Waals surface area contributed by atoms with Crippen LogP contribution in [-0.4, -0.2) is 66.1 Å². The first-order chi connectivity index (χ1) is 22.6. The van der Waals surface area contributed by atoms with Gasteiger partial charge in [0, 0.05) is 39.3 Å². The van der Waals surface area contributed by atoms with Crippen molar-refractivity contribution in [2.75, 3.05) is 59.7 Å². The Bertz CT molecular complexity index is 1730. The molecular formula is C33H33F4N7O3. The Hall–Kier alpha value is -5.14. The number of hydrogen-bond acceptors (Lipinski definition) is 7. The SMILES string of the molecule is Cc1nc(N2CCN(C(=O)Nc3ccccc3F)CC2)ccc1NC(=O)c1oc(N2CCC(c3ccccc3)CC2)nc1C(F)(F)F. The van der Waals surface area contributed by atoms with E-state index in [1.807, 2.05) is 35.2 Å². The van der Waals surface area contributed by atoms with Gasteiger partial charge in [-0.15, -0.1) is 0 Å². The number of aromatic nitrogens is 2. The first kappa shape index (κ1) is 31.8. The Morgan fingerprint density at radius 1 is 0.809 bits per heavy atom. The zero-order valence-corrected chi connectivity index (χ0v) is 25.6. The highest BCUT2D eigenvalue weighted by Crippen LogP contribution is 2.37. The number of benzene rings is 2. The average Bonchev–Trinajstić information content (AvgIpc) is 3.54. The number of pyridine rings is 1. The van der Waals surface area contributed by atoms with E-state index in [0.29, 0.717) is 63.6 Å². The number of anilines is 4. The number of nitrogens with one attached hydrogen (secondary N) is 2. The molecule has 0 spiro atoms. The highest BCUT2D eigenvalue weighted by molar-refractivity contribution is 6.03. The fourth-order valence-corrected chi connectivity index (χ4v) is 5.85. The highest BCUT2D eigenvalue weighted by Gasteiger charge is 2.42. The molecule has 4 aromatic rings. The van der Waals surface area contributed by atoms with Crippen molar-refractivity contribution in [2.24, 2.45) is 0 Å². The van der Waals surface area contributed by atoms with Crippen LogP contribution in [0.4, 0.5) is 45.6 Å². The Morgan fingerprint density at radius 3 is 2.15 bits per heavy atom. The number of nitrogens with zero attached hydrogens (tertiary/aromatic N) is 5. The lowest BCUT2D eigenvalue weighted by Gasteiger charge is -2.35. The molecule has 2 aromatic heterocycles. The molecule has 0 bridgehead atoms. The zero-order chi connectivity index (χ0) is 33.1. The molecule has 47 heavy (non-hydrogen) atoms. The summed E-state index contributed by atoms with van der Waals surface area (Å²) in [5.74, 6) is -1.66. The molecule has 2 aliphatic heterocycles. The first-order valence-electron chi connectivity index (χ1n) is 15.3. The maximum Gasteiger partial charge on any atom is 0.437 e. The number of oxazole rings is 1. The van der Waals surface area contributed by atoms with Gasteiger partial charge in [-0.05, 0) is 55.5 Å². The zero-order valence-electron chi connectivity index (χ0n) is 25.6. The lowest BCUT2D eigenvalue weighted by atomic mass is 9.90. The highest BCUT2D eigenvalue weighted by atomic mass is 19.4. The fraction of sp³-hybridized carbons (Fsp3) is 0.333. The summed E-state index contributed by atoms with van der Waals surface area (Å²) in [6.07, 6.45) is -3.48. The Balaban J connectivity index is 1.08. The molecule has 2 aromatic carbocycles. The Morgan fingerprint density at radius 2 is 1.49 bits per heavy atom. The van der Waals surface area contributed by atoms with Crippen molar-refractivity contribution >= 4 is 35.1 Å². The van der Waals surface area contributed by atoms with E-state index in [9.17, 15) is 27.2 Å². The topological polar surface area (TPSA) is 107 Å². The van der Waals surface area contributed by atoms with Crippen molar-refractivity contribution < 1.29 is 31.6 Å². The minimum Gasteiger partial charge on any atom is -0.417 e. The Labute approximate surface area is 268 Å². The van der Waals surface area contributed by atoms with Crippen LogP contribution < -0.4 is 20.4 Å². The largest absolute Gasteiger partial charge is 0.437 e. The number of para-hydroxylation sites is 1. The molecule has 0 aliphatic carbocycles. The van der Waals surface area contributed by atoms with Crippen LogP contribution in [0.15, 0.2) is 71.1 Å². The van der Waals surface area contributed by atoms with E-state index in [2.05, 4.69) is 20.6 Å². The van der Waals surface area contributed by atoms with Crippen LogP contribution in [0, 0.1) is 12.7 Å². The van der Waals surface area contributed by atoms with Crippen molar-refractivity contribution in [2.45, 2.75) is 31.9 Å². The van der Waals surface area contributed by atoms with Crippen LogP contribution in [0.1, 0.15) is 46.3 Å². The normalized spacial score (nSPS) is 15.9. The molecule has 0 radical (unpaired) electrons. The maximum atomic E-state index is 14.0. The lowest BCUT2D eigenvalue weighted by molar-refractivity contribution is -0.141. The van der Waals surface area contributed by atoms with Crippen molar-refractivity contribution in [1.29, 1.82) is 0 Å². The van der Waals surface area contributed by atoms with Crippen molar-refractivity contribution in [3.63, 3.8) is 0 Å². The number of aryl methyl sites for hydroxylation is 1. The summed E-state index contributed by atoms with van der Waals surface area (Å²) < 4.78 is 61.3. The van der Waals surface area contributed by atoms with E-state index in [1.165, 1.54) is 23.8 Å². The number of piperazine rings is 1. The molecule has 0 saturated carbocycles. The average molecular weight is 652 g/mol. The molecule has 4 heterocycles. The molecule has 0 unspecified atom stereocenters. The van der Waals surface area contributed by atoms with Gasteiger partial charge >= 0.3 is 12.2 Å². The number of piperidine rings is 1. The summed E-state index contributed by atoms with van der Waals surface area (Å²) >= 11 is 0. The Kier molecular flexibility index (Phi) is 9.01. The maximum absolute atomic E-state index is 14.0. The van der Waals surface area contributed by atoms with E-state index in [0.717, 1.165) is 0 Å². The van der Waals surface area contributed by atoms with E-state index < -0.39 is 35.4 Å². The summed E-state index contributed by atoms with van der Waals surface area (Å²) in [7, 11) is 0. The van der Waals surface area contributed by atoms with Gasteiger partial charge in [-0.3, -0.25) is 4.79 Å². The van der Waals surface area contributed by atoms with Gasteiger partial charge in [-0.1, -0.05) is 42.5 Å². The van der Waals surface area contributed by atoms with Crippen molar-refractivity contribution in [3.05, 3.63) is 95.3 Å². The summed E-state index contributed by atoms with van der Waals surface area (Å²) in [5, 5.41) is 5.08. The number of rotatable bonds is 6. The third-order valence-electron chi connectivity index (χ3n) is 8.45. The lowest BCUT2D eigenvalue weighted by Crippen LogP contribution is -2.50. The number of hydrogen-bond donors (Lipinski definition) is 2. The third kappa shape index (κ3) is 7.16. The predicted octanol–water partition coefficient (Wildman–Crippen LogP) is 6.53. The number of carbonyl (C=O) groups is 2. The monoisotopic (exact) mass is 651 g/mol. The molecule has 2 N–H and O–H groups in total. The number of halogens is 4. The van der Waals surface area contributed by atoms with Crippen molar-refractivity contribution in [1.82, 2.24) is 14.9 Å². The fourth-order valence-electron chi connectivity index (χ4n) is 5.85. The first-order valence-corrected chi connectivity index (χ1v) is 15.3. The molecule has 14 heteroatoms. The second-order valence-electron chi connectivity index (χ2n) is 11.5. The summed E-state index contributed by atoms with van der Waals surface area (Å²) in [5.41, 5.74) is 0.497. The van der Waals surface area contributed by atoms with Gasteiger partial charge in [0.15, 0.2) is 5.69 Å². The molecule has 2 fully saturated rings. The molecule has 2 saturated heterocycles. The van der Waals surface area contributed by atoms with Gasteiger partial charge in [0.25, 0.3) is 11.9 Å². The third-order valence-corrected chi connectivity index (χ3v) is 8.45. The van der Waals surface area contributed by atoms with Crippen LogP contribution in [0.25, 0.3) is 0 Å². The molecule has 246 valence electrons. The quantitative estimate of drug-likeness (QED) is 0.229. The number of amides is 3. The van der Waals surface area contributed by atoms with E-state index in [4.69, 9.17) is 4.42 Å². The molecule has 3 amide bonds. The molecule has 10 nitrogen and oxygen atoms in total. The van der Waals surface area contributed by atoms with E-state index in [1.54, 1.807) is 34.9 Å². The van der Waals surface area contributed by atoms with Crippen LogP contribution in [0.3, 0.4) is 0 Å². The molecule has 6 rings (SSSR count). The minimum absolute atomic E-state index is 0.0993. The smallest absolute Gasteiger partial charge is 0.417 e. The summed E-state index contributed by atoms with van der Waals surface area (Å²) in [4.78, 5) is 39.1. The van der Waals surface area contributed by atoms with Gasteiger partial charge in [0.2, 0.25) is 5.76 Å². The minimum atomic E-state index is -4.90. The van der Waals surface area contributed by atoms with Crippen LogP contribution in [0.5, 0.6) is 0 Å². The summed E-state index contributed by atoms with van der Waals surface area (Å²) in [6.45, 7) is 4.11. The van der Waals surface area contributed by atoms with Crippen molar-refractivity contribution in [3.8, 4) is 0 Å². The number of alkyl halides is 3. The van der Waals surface area contributed by atoms with Crippen LogP contribution in [0.2, 0.25) is 0 Å². The number of carbonyl (C=O) groups excluding carboxylic acids is 2. The van der Waals surface area contributed by atoms with Gasteiger partial charge in [0.1, 0.15) is 11.6 Å². The molecular weight excluding hydrogens is 618 g/mol. The van der Waals surface area contributed by atoms with Gasteiger partial charge in [-0.2, -0.15) is 18.2 Å². The van der Waals surface area contributed by atoms with Crippen LogP contribution >= 0.6 is 0 Å². The van der Waals surface area contributed by atoms with E-state index in [-0.39, 0.29) is 23.3 Å².